The SMILES string of the molecule is CCN1CCc2c(sc(=O)n2CC(=O)O)C1. The highest BCUT2D eigenvalue weighted by atomic mass is 32.1. The molecule has 0 bridgehead atoms. The predicted octanol–water partition coefficient (Wildman–Crippen LogP) is 0.372. The summed E-state index contributed by atoms with van der Waals surface area (Å²) in [6.45, 7) is 4.51. The minimum Gasteiger partial charge on any atom is -0.480 e. The molecule has 0 radical (unpaired) electrons. The molecule has 6 heteroatoms. The number of carboxylic acids is 1. The predicted molar refractivity (Wildman–Crippen MR) is 60.9 cm³/mol. The zero-order valence-electron chi connectivity index (χ0n) is 9.10. The number of likely N-dealkylation sites (N-methyl/N-ethyl adjacent to an activating group) is 1. The number of carboxylic acid groups (broad SMARTS) is 1. The van der Waals surface area contributed by atoms with Crippen molar-refractivity contribution >= 4 is 17.3 Å². The van der Waals surface area contributed by atoms with Crippen LogP contribution in [0.4, 0.5) is 0 Å². The van der Waals surface area contributed by atoms with Crippen LogP contribution in [0.3, 0.4) is 0 Å². The molecular formula is C10H14N2O3S. The Labute approximate surface area is 96.9 Å². The molecular weight excluding hydrogens is 228 g/mol. The first-order valence-corrected chi connectivity index (χ1v) is 6.09. The van der Waals surface area contributed by atoms with Crippen molar-refractivity contribution in [3.63, 3.8) is 0 Å². The van der Waals surface area contributed by atoms with Crippen LogP contribution in [-0.4, -0.2) is 33.6 Å². The molecule has 0 spiro atoms. The lowest BCUT2D eigenvalue weighted by atomic mass is 10.2. The molecule has 0 amide bonds. The van der Waals surface area contributed by atoms with Crippen molar-refractivity contribution in [3.05, 3.63) is 20.2 Å². The summed E-state index contributed by atoms with van der Waals surface area (Å²) in [5, 5.41) is 8.74. The average Bonchev–Trinajstić information content (AvgIpc) is 2.54. The second kappa shape index (κ2) is 4.39. The fourth-order valence-corrected chi connectivity index (χ4v) is 3.06. The average molecular weight is 242 g/mol. The number of nitrogens with zero attached hydrogens (tertiary/aromatic N) is 2. The third kappa shape index (κ3) is 2.03. The van der Waals surface area contributed by atoms with Crippen LogP contribution in [0, 0.1) is 0 Å². The number of aliphatic carboxylic acids is 1. The Kier molecular flexibility index (Phi) is 3.11. The van der Waals surface area contributed by atoms with Crippen LogP contribution in [0.2, 0.25) is 0 Å². The van der Waals surface area contributed by atoms with Gasteiger partial charge in [0.2, 0.25) is 0 Å². The maximum absolute atomic E-state index is 11.6. The fourth-order valence-electron chi connectivity index (χ4n) is 1.99. The van der Waals surface area contributed by atoms with E-state index in [1.54, 1.807) is 0 Å². The molecule has 0 saturated carbocycles. The van der Waals surface area contributed by atoms with Gasteiger partial charge in [0.1, 0.15) is 6.54 Å². The Hall–Kier alpha value is -1.14. The van der Waals surface area contributed by atoms with Crippen molar-refractivity contribution in [1.82, 2.24) is 9.47 Å². The van der Waals surface area contributed by atoms with Crippen LogP contribution in [0.25, 0.3) is 0 Å². The van der Waals surface area contributed by atoms with E-state index in [4.69, 9.17) is 5.11 Å². The van der Waals surface area contributed by atoms with Gasteiger partial charge in [-0.25, -0.2) is 0 Å². The molecule has 2 rings (SSSR count). The van der Waals surface area contributed by atoms with E-state index in [9.17, 15) is 9.59 Å². The van der Waals surface area contributed by atoms with Gasteiger partial charge in [-0.1, -0.05) is 18.3 Å². The molecule has 1 N–H and O–H groups in total. The summed E-state index contributed by atoms with van der Waals surface area (Å²) in [6, 6.07) is 0. The lowest BCUT2D eigenvalue weighted by Crippen LogP contribution is -2.31. The van der Waals surface area contributed by atoms with Gasteiger partial charge in [0.05, 0.1) is 0 Å². The normalized spacial score (nSPS) is 16.1. The number of rotatable bonds is 3. The van der Waals surface area contributed by atoms with Gasteiger partial charge in [0.25, 0.3) is 0 Å². The first kappa shape index (κ1) is 11.3. The molecule has 0 saturated heterocycles. The standard InChI is InChI=1S/C10H14N2O3S/c1-2-11-4-3-7-8(5-11)16-10(15)12(7)6-9(13)14/h2-6H2,1H3,(H,13,14). The van der Waals surface area contributed by atoms with Crippen molar-refractivity contribution in [2.45, 2.75) is 26.4 Å². The van der Waals surface area contributed by atoms with E-state index >= 15 is 0 Å². The first-order chi connectivity index (χ1) is 7.61. The second-order valence-corrected chi connectivity index (χ2v) is 4.88. The molecule has 0 unspecified atom stereocenters. The monoisotopic (exact) mass is 242 g/mol. The molecule has 1 aromatic heterocycles. The molecule has 5 nitrogen and oxygen atoms in total. The Bertz CT molecular complexity index is 463. The van der Waals surface area contributed by atoms with Gasteiger partial charge < -0.3 is 5.11 Å². The van der Waals surface area contributed by atoms with Crippen LogP contribution in [0.5, 0.6) is 0 Å². The molecule has 2 heterocycles. The second-order valence-electron chi connectivity index (χ2n) is 3.84. The van der Waals surface area contributed by atoms with E-state index in [1.165, 1.54) is 15.9 Å². The van der Waals surface area contributed by atoms with E-state index in [0.29, 0.717) is 0 Å². The van der Waals surface area contributed by atoms with E-state index < -0.39 is 5.97 Å². The van der Waals surface area contributed by atoms with Crippen molar-refractivity contribution in [2.75, 3.05) is 13.1 Å². The van der Waals surface area contributed by atoms with Gasteiger partial charge in [0, 0.05) is 30.1 Å². The van der Waals surface area contributed by atoms with Crippen molar-refractivity contribution in [2.24, 2.45) is 0 Å². The van der Waals surface area contributed by atoms with Crippen molar-refractivity contribution < 1.29 is 9.90 Å². The number of carbonyl (C=O) groups is 1. The minimum atomic E-state index is -0.958. The molecule has 0 aromatic carbocycles. The van der Waals surface area contributed by atoms with Gasteiger partial charge >= 0.3 is 10.8 Å². The summed E-state index contributed by atoms with van der Waals surface area (Å²) in [4.78, 5) is 25.4. The van der Waals surface area contributed by atoms with E-state index in [0.717, 1.165) is 36.6 Å². The number of thiazole rings is 1. The summed E-state index contributed by atoms with van der Waals surface area (Å²) >= 11 is 1.18. The van der Waals surface area contributed by atoms with Crippen LogP contribution >= 0.6 is 11.3 Å². The number of hydrogen-bond acceptors (Lipinski definition) is 4. The third-order valence-electron chi connectivity index (χ3n) is 2.85. The van der Waals surface area contributed by atoms with Crippen LogP contribution in [-0.2, 0) is 24.3 Å². The maximum atomic E-state index is 11.6. The molecule has 88 valence electrons. The lowest BCUT2D eigenvalue weighted by molar-refractivity contribution is -0.137. The smallest absolute Gasteiger partial charge is 0.323 e. The van der Waals surface area contributed by atoms with Crippen LogP contribution < -0.4 is 4.87 Å². The summed E-state index contributed by atoms with van der Waals surface area (Å²) in [6.07, 6.45) is 0.773. The zero-order valence-corrected chi connectivity index (χ0v) is 9.92. The number of aromatic nitrogens is 1. The fraction of sp³-hybridized carbons (Fsp3) is 0.600. The topological polar surface area (TPSA) is 62.5 Å². The Balaban J connectivity index is 2.33. The van der Waals surface area contributed by atoms with E-state index in [-0.39, 0.29) is 11.4 Å². The van der Waals surface area contributed by atoms with Gasteiger partial charge in [-0.15, -0.1) is 0 Å². The molecule has 1 aliphatic heterocycles. The van der Waals surface area contributed by atoms with Crippen molar-refractivity contribution in [1.29, 1.82) is 0 Å². The molecule has 1 aromatic rings. The summed E-state index contributed by atoms with van der Waals surface area (Å²) in [5.74, 6) is -0.958. The molecule has 1 aliphatic rings. The van der Waals surface area contributed by atoms with E-state index in [1.807, 2.05) is 0 Å². The van der Waals surface area contributed by atoms with Crippen molar-refractivity contribution in [3.8, 4) is 0 Å². The highest BCUT2D eigenvalue weighted by Crippen LogP contribution is 2.21. The van der Waals surface area contributed by atoms with Gasteiger partial charge in [-0.3, -0.25) is 19.1 Å². The largest absolute Gasteiger partial charge is 0.480 e. The maximum Gasteiger partial charge on any atom is 0.323 e. The van der Waals surface area contributed by atoms with Gasteiger partial charge in [0.15, 0.2) is 0 Å². The summed E-state index contributed by atoms with van der Waals surface area (Å²) < 4.78 is 1.40. The highest BCUT2D eigenvalue weighted by Gasteiger charge is 2.22. The van der Waals surface area contributed by atoms with Gasteiger partial charge in [-0.05, 0) is 6.54 Å². The molecule has 0 atom stereocenters. The highest BCUT2D eigenvalue weighted by molar-refractivity contribution is 7.09. The summed E-state index contributed by atoms with van der Waals surface area (Å²) in [5.41, 5.74) is 0.919. The molecule has 0 aliphatic carbocycles. The molecule has 16 heavy (non-hydrogen) atoms. The third-order valence-corrected chi connectivity index (χ3v) is 3.86. The molecule has 0 fully saturated rings. The van der Waals surface area contributed by atoms with Crippen LogP contribution in [0.15, 0.2) is 4.79 Å². The first-order valence-electron chi connectivity index (χ1n) is 5.27. The lowest BCUT2D eigenvalue weighted by Gasteiger charge is -2.25. The van der Waals surface area contributed by atoms with Gasteiger partial charge in [-0.2, -0.15) is 0 Å². The Morgan fingerprint density at radius 1 is 1.56 bits per heavy atom. The summed E-state index contributed by atoms with van der Waals surface area (Å²) in [7, 11) is 0. The quantitative estimate of drug-likeness (QED) is 0.832. The number of hydrogen-bond donors (Lipinski definition) is 1. The Morgan fingerprint density at radius 2 is 2.31 bits per heavy atom. The Morgan fingerprint density at radius 3 is 2.94 bits per heavy atom. The number of fused-ring (bicyclic) bond motifs is 1. The minimum absolute atomic E-state index is 0.148. The van der Waals surface area contributed by atoms with Crippen LogP contribution in [0.1, 0.15) is 17.5 Å². The zero-order chi connectivity index (χ0) is 11.7. The van der Waals surface area contributed by atoms with E-state index in [2.05, 4.69) is 11.8 Å².